The topological polar surface area (TPSA) is 59.4 Å². The summed E-state index contributed by atoms with van der Waals surface area (Å²) in [6.07, 6.45) is 3.69. The van der Waals surface area contributed by atoms with Crippen LogP contribution in [0.3, 0.4) is 0 Å². The predicted molar refractivity (Wildman–Crippen MR) is 96.6 cm³/mol. The zero-order valence-electron chi connectivity index (χ0n) is 14.9. The SMILES string of the molecule is CC(C)(CNC(=O)c1ccc(Cn2cccn2)cc1)N1CCOCC1. The first kappa shape index (κ1) is 17.6. The molecule has 2 aromatic rings. The number of rotatable bonds is 6. The van der Waals surface area contributed by atoms with Gasteiger partial charge in [-0.3, -0.25) is 14.4 Å². The molecular weight excluding hydrogens is 316 g/mol. The van der Waals surface area contributed by atoms with Crippen molar-refractivity contribution in [2.24, 2.45) is 0 Å². The summed E-state index contributed by atoms with van der Waals surface area (Å²) in [6.45, 7) is 8.97. The van der Waals surface area contributed by atoms with Crippen LogP contribution in [0.2, 0.25) is 0 Å². The van der Waals surface area contributed by atoms with Gasteiger partial charge in [0.15, 0.2) is 0 Å². The van der Waals surface area contributed by atoms with Crippen LogP contribution in [-0.4, -0.2) is 59.0 Å². The van der Waals surface area contributed by atoms with Crippen molar-refractivity contribution in [3.63, 3.8) is 0 Å². The van der Waals surface area contributed by atoms with E-state index < -0.39 is 0 Å². The van der Waals surface area contributed by atoms with Crippen LogP contribution in [-0.2, 0) is 11.3 Å². The average Bonchev–Trinajstić information content (AvgIpc) is 3.14. The highest BCUT2D eigenvalue weighted by Crippen LogP contribution is 2.15. The van der Waals surface area contributed by atoms with Crippen molar-refractivity contribution in [3.8, 4) is 0 Å². The largest absolute Gasteiger partial charge is 0.379 e. The number of benzene rings is 1. The summed E-state index contributed by atoms with van der Waals surface area (Å²) in [5.74, 6) is -0.0352. The molecule has 0 spiro atoms. The van der Waals surface area contributed by atoms with Gasteiger partial charge in [0.2, 0.25) is 0 Å². The predicted octanol–water partition coefficient (Wildman–Crippen LogP) is 1.77. The molecule has 6 nitrogen and oxygen atoms in total. The Labute approximate surface area is 148 Å². The molecule has 6 heteroatoms. The van der Waals surface area contributed by atoms with Crippen LogP contribution in [0, 0.1) is 0 Å². The number of aromatic nitrogens is 2. The highest BCUT2D eigenvalue weighted by atomic mass is 16.5. The molecule has 25 heavy (non-hydrogen) atoms. The Kier molecular flexibility index (Phi) is 5.50. The Balaban J connectivity index is 1.54. The lowest BCUT2D eigenvalue weighted by molar-refractivity contribution is -0.00923. The van der Waals surface area contributed by atoms with Crippen LogP contribution < -0.4 is 5.32 Å². The third-order valence-corrected chi connectivity index (χ3v) is 4.67. The molecule has 0 aliphatic carbocycles. The van der Waals surface area contributed by atoms with Gasteiger partial charge >= 0.3 is 0 Å². The van der Waals surface area contributed by atoms with E-state index in [1.54, 1.807) is 6.20 Å². The molecule has 0 atom stereocenters. The van der Waals surface area contributed by atoms with Crippen LogP contribution in [0.4, 0.5) is 0 Å². The van der Waals surface area contributed by atoms with Gasteiger partial charge in [-0.05, 0) is 37.6 Å². The third-order valence-electron chi connectivity index (χ3n) is 4.67. The maximum Gasteiger partial charge on any atom is 0.251 e. The van der Waals surface area contributed by atoms with Gasteiger partial charge in [-0.2, -0.15) is 5.10 Å². The van der Waals surface area contributed by atoms with Crippen molar-refractivity contribution in [2.75, 3.05) is 32.8 Å². The number of ether oxygens (including phenoxy) is 1. The van der Waals surface area contributed by atoms with E-state index in [2.05, 4.69) is 29.2 Å². The first-order valence-electron chi connectivity index (χ1n) is 8.72. The second-order valence-electron chi connectivity index (χ2n) is 7.00. The molecule has 0 radical (unpaired) electrons. The van der Waals surface area contributed by atoms with E-state index in [1.807, 2.05) is 41.2 Å². The normalized spacial score (nSPS) is 15.9. The van der Waals surface area contributed by atoms with Gasteiger partial charge < -0.3 is 10.1 Å². The Morgan fingerprint density at radius 2 is 1.96 bits per heavy atom. The second kappa shape index (κ2) is 7.80. The van der Waals surface area contributed by atoms with Gasteiger partial charge in [-0.1, -0.05) is 12.1 Å². The minimum absolute atomic E-state index is 0.0352. The molecule has 134 valence electrons. The Bertz CT molecular complexity index is 674. The maximum absolute atomic E-state index is 12.4. The highest BCUT2D eigenvalue weighted by molar-refractivity contribution is 5.94. The molecule has 0 saturated carbocycles. The number of hydrogen-bond donors (Lipinski definition) is 1. The van der Waals surface area contributed by atoms with Crippen LogP contribution in [0.5, 0.6) is 0 Å². The summed E-state index contributed by atoms with van der Waals surface area (Å²) in [5, 5.41) is 7.26. The van der Waals surface area contributed by atoms with Gasteiger partial charge in [0.25, 0.3) is 5.91 Å². The van der Waals surface area contributed by atoms with E-state index in [1.165, 1.54) is 0 Å². The van der Waals surface area contributed by atoms with E-state index in [-0.39, 0.29) is 11.4 Å². The highest BCUT2D eigenvalue weighted by Gasteiger charge is 2.28. The molecule has 1 aromatic heterocycles. The average molecular weight is 342 g/mol. The number of hydrogen-bond acceptors (Lipinski definition) is 4. The van der Waals surface area contributed by atoms with Gasteiger partial charge in [-0.15, -0.1) is 0 Å². The first-order valence-corrected chi connectivity index (χ1v) is 8.72. The lowest BCUT2D eigenvalue weighted by atomic mass is 10.0. The number of amides is 1. The molecule has 1 amide bonds. The number of carbonyl (C=O) groups is 1. The number of nitrogens with zero attached hydrogens (tertiary/aromatic N) is 3. The summed E-state index contributed by atoms with van der Waals surface area (Å²) >= 11 is 0. The van der Waals surface area contributed by atoms with Crippen molar-refractivity contribution >= 4 is 5.91 Å². The van der Waals surface area contributed by atoms with E-state index >= 15 is 0 Å². The molecule has 1 aromatic carbocycles. The minimum atomic E-state index is -0.0839. The summed E-state index contributed by atoms with van der Waals surface area (Å²) in [4.78, 5) is 14.8. The lowest BCUT2D eigenvalue weighted by Gasteiger charge is -2.40. The van der Waals surface area contributed by atoms with Gasteiger partial charge in [0.05, 0.1) is 19.8 Å². The van der Waals surface area contributed by atoms with Crippen LogP contribution in [0.25, 0.3) is 0 Å². The first-order chi connectivity index (χ1) is 12.0. The van der Waals surface area contributed by atoms with Gasteiger partial charge in [-0.25, -0.2) is 0 Å². The monoisotopic (exact) mass is 342 g/mol. The molecule has 1 aliphatic rings. The molecule has 2 heterocycles. The van der Waals surface area contributed by atoms with E-state index in [0.717, 1.165) is 31.9 Å². The summed E-state index contributed by atoms with van der Waals surface area (Å²) < 4.78 is 7.26. The fourth-order valence-electron chi connectivity index (χ4n) is 3.02. The summed E-state index contributed by atoms with van der Waals surface area (Å²) in [6, 6.07) is 9.59. The van der Waals surface area contributed by atoms with Gasteiger partial charge in [0, 0.05) is 43.1 Å². The van der Waals surface area contributed by atoms with E-state index in [4.69, 9.17) is 4.74 Å². The fraction of sp³-hybridized carbons (Fsp3) is 0.474. The number of nitrogens with one attached hydrogen (secondary N) is 1. The molecule has 1 saturated heterocycles. The molecule has 1 aliphatic heterocycles. The minimum Gasteiger partial charge on any atom is -0.379 e. The zero-order valence-corrected chi connectivity index (χ0v) is 14.9. The van der Waals surface area contributed by atoms with Crippen molar-refractivity contribution in [1.29, 1.82) is 0 Å². The molecule has 3 rings (SSSR count). The molecular formula is C19H26N4O2. The van der Waals surface area contributed by atoms with E-state index in [9.17, 15) is 4.79 Å². The quantitative estimate of drug-likeness (QED) is 0.869. The second-order valence-corrected chi connectivity index (χ2v) is 7.00. The van der Waals surface area contributed by atoms with Crippen molar-refractivity contribution in [2.45, 2.75) is 25.9 Å². The van der Waals surface area contributed by atoms with Crippen LogP contribution in [0.1, 0.15) is 29.8 Å². The number of carbonyl (C=O) groups excluding carboxylic acids is 1. The summed E-state index contributed by atoms with van der Waals surface area (Å²) in [7, 11) is 0. The lowest BCUT2D eigenvalue weighted by Crippen LogP contribution is -2.55. The van der Waals surface area contributed by atoms with Gasteiger partial charge in [0.1, 0.15) is 0 Å². The maximum atomic E-state index is 12.4. The van der Waals surface area contributed by atoms with Crippen LogP contribution in [0.15, 0.2) is 42.7 Å². The standard InChI is InChI=1S/C19H26N4O2/c1-19(2,22-10-12-25-13-11-22)15-20-18(24)17-6-4-16(5-7-17)14-23-9-3-8-21-23/h3-9H,10-15H2,1-2H3,(H,20,24). The Hall–Kier alpha value is -2.18. The van der Waals surface area contributed by atoms with Crippen molar-refractivity contribution < 1.29 is 9.53 Å². The summed E-state index contributed by atoms with van der Waals surface area (Å²) in [5.41, 5.74) is 1.72. The van der Waals surface area contributed by atoms with Crippen molar-refractivity contribution in [3.05, 3.63) is 53.9 Å². The molecule has 1 fully saturated rings. The van der Waals surface area contributed by atoms with Crippen molar-refractivity contribution in [1.82, 2.24) is 20.0 Å². The third kappa shape index (κ3) is 4.67. The molecule has 0 unspecified atom stereocenters. The number of morpholine rings is 1. The Morgan fingerprint density at radius 3 is 2.60 bits per heavy atom. The van der Waals surface area contributed by atoms with Crippen LogP contribution >= 0.6 is 0 Å². The van der Waals surface area contributed by atoms with E-state index in [0.29, 0.717) is 18.7 Å². The molecule has 1 N–H and O–H groups in total. The fourth-order valence-corrected chi connectivity index (χ4v) is 3.02. The smallest absolute Gasteiger partial charge is 0.251 e. The zero-order chi connectivity index (χ0) is 17.7. The Morgan fingerprint density at radius 1 is 1.24 bits per heavy atom. The molecule has 0 bridgehead atoms.